The molecular weight excluding hydrogens is 320 g/mol. The van der Waals surface area contributed by atoms with E-state index in [0.29, 0.717) is 12.3 Å². The molecule has 0 aromatic carbocycles. The summed E-state index contributed by atoms with van der Waals surface area (Å²) < 4.78 is 5.79. The molecule has 0 aromatic heterocycles. The summed E-state index contributed by atoms with van der Waals surface area (Å²) in [4.78, 5) is 12.1. The Bertz CT molecular complexity index is 301. The molecule has 0 saturated heterocycles. The van der Waals surface area contributed by atoms with Crippen molar-refractivity contribution in [2.45, 2.75) is 143 Å². The Labute approximate surface area is 164 Å². The van der Waals surface area contributed by atoms with E-state index in [4.69, 9.17) is 4.74 Å². The molecule has 0 saturated carbocycles. The molecule has 0 radical (unpaired) electrons. The summed E-state index contributed by atoms with van der Waals surface area (Å²) in [7, 11) is 0. The van der Waals surface area contributed by atoms with Crippen molar-refractivity contribution in [3.05, 3.63) is 0 Å². The molecule has 2 nitrogen and oxygen atoms in total. The van der Waals surface area contributed by atoms with Crippen molar-refractivity contribution >= 4 is 5.97 Å². The van der Waals surface area contributed by atoms with Crippen LogP contribution in [0.1, 0.15) is 137 Å². The maximum Gasteiger partial charge on any atom is 0.306 e. The second-order valence-corrected chi connectivity index (χ2v) is 8.17. The minimum atomic E-state index is 0.0177. The Balaban J connectivity index is 4.15. The van der Waals surface area contributed by atoms with Gasteiger partial charge >= 0.3 is 5.97 Å². The van der Waals surface area contributed by atoms with Gasteiger partial charge < -0.3 is 4.74 Å². The fourth-order valence-electron chi connectivity index (χ4n) is 3.69. The molecule has 0 fully saturated rings. The summed E-state index contributed by atoms with van der Waals surface area (Å²) in [5, 5.41) is 0. The molecule has 0 N–H and O–H groups in total. The Morgan fingerprint density at radius 1 is 0.654 bits per heavy atom. The molecule has 0 amide bonds. The Kier molecular flexibility index (Phi) is 18.8. The number of carbonyl (C=O) groups is 1. The summed E-state index contributed by atoms with van der Waals surface area (Å²) in [5.74, 6) is 0.571. The van der Waals surface area contributed by atoms with E-state index in [9.17, 15) is 4.79 Å². The van der Waals surface area contributed by atoms with Gasteiger partial charge in [0.1, 0.15) is 6.10 Å². The molecule has 156 valence electrons. The van der Waals surface area contributed by atoms with Gasteiger partial charge in [0, 0.05) is 6.42 Å². The van der Waals surface area contributed by atoms with Crippen LogP contribution < -0.4 is 0 Å². The highest BCUT2D eigenvalue weighted by Gasteiger charge is 2.20. The topological polar surface area (TPSA) is 26.3 Å². The van der Waals surface area contributed by atoms with Gasteiger partial charge in [-0.25, -0.2) is 0 Å². The van der Waals surface area contributed by atoms with Crippen molar-refractivity contribution < 1.29 is 9.53 Å². The van der Waals surface area contributed by atoms with Gasteiger partial charge in [0.05, 0.1) is 0 Å². The van der Waals surface area contributed by atoms with Gasteiger partial charge in [-0.2, -0.15) is 0 Å². The molecule has 26 heavy (non-hydrogen) atoms. The molecule has 0 heterocycles. The minimum Gasteiger partial charge on any atom is -0.462 e. The SMILES string of the molecule is CCCCCCCCCC(CCCCCC)C(C)OC(=O)CCCCC. The van der Waals surface area contributed by atoms with Gasteiger partial charge in [0.2, 0.25) is 0 Å². The predicted molar refractivity (Wildman–Crippen MR) is 115 cm³/mol. The Hall–Kier alpha value is -0.530. The molecule has 0 aromatic rings. The van der Waals surface area contributed by atoms with Gasteiger partial charge in [0.25, 0.3) is 0 Å². The molecule has 0 rings (SSSR count). The van der Waals surface area contributed by atoms with Crippen LogP contribution in [0.2, 0.25) is 0 Å². The van der Waals surface area contributed by atoms with E-state index in [1.165, 1.54) is 83.5 Å². The monoisotopic (exact) mass is 368 g/mol. The first-order chi connectivity index (χ1) is 12.7. The van der Waals surface area contributed by atoms with Gasteiger partial charge in [-0.1, -0.05) is 104 Å². The zero-order valence-electron chi connectivity index (χ0n) is 18.5. The molecule has 0 aliphatic heterocycles. The largest absolute Gasteiger partial charge is 0.462 e. The molecule has 0 bridgehead atoms. The number of hydrogen-bond acceptors (Lipinski definition) is 2. The second-order valence-electron chi connectivity index (χ2n) is 8.17. The maximum absolute atomic E-state index is 12.1. The lowest BCUT2D eigenvalue weighted by atomic mass is 9.90. The second kappa shape index (κ2) is 19.2. The summed E-state index contributed by atoms with van der Waals surface area (Å²) in [6.45, 7) is 8.83. The predicted octanol–water partition coefficient (Wildman–Crippen LogP) is 8.23. The number of unbranched alkanes of at least 4 members (excludes halogenated alkanes) is 11. The molecular formula is C24H48O2. The van der Waals surface area contributed by atoms with E-state index in [0.717, 1.165) is 19.3 Å². The van der Waals surface area contributed by atoms with E-state index >= 15 is 0 Å². The average molecular weight is 369 g/mol. The van der Waals surface area contributed by atoms with Gasteiger partial charge in [-0.05, 0) is 32.1 Å². The van der Waals surface area contributed by atoms with Gasteiger partial charge in [-0.15, -0.1) is 0 Å². The van der Waals surface area contributed by atoms with E-state index in [1.807, 2.05) is 0 Å². The summed E-state index contributed by atoms with van der Waals surface area (Å²) in [6.07, 6.45) is 21.1. The van der Waals surface area contributed by atoms with Crippen LogP contribution in [0.15, 0.2) is 0 Å². The van der Waals surface area contributed by atoms with E-state index < -0.39 is 0 Å². The molecule has 0 aliphatic carbocycles. The highest BCUT2D eigenvalue weighted by Crippen LogP contribution is 2.24. The molecule has 2 unspecified atom stereocenters. The third-order valence-corrected chi connectivity index (χ3v) is 5.57. The third-order valence-electron chi connectivity index (χ3n) is 5.57. The lowest BCUT2D eigenvalue weighted by molar-refractivity contribution is -0.151. The summed E-state index contributed by atoms with van der Waals surface area (Å²) >= 11 is 0. The zero-order valence-corrected chi connectivity index (χ0v) is 18.5. The lowest BCUT2D eigenvalue weighted by Gasteiger charge is -2.24. The fourth-order valence-corrected chi connectivity index (χ4v) is 3.69. The number of ether oxygens (including phenoxy) is 1. The van der Waals surface area contributed by atoms with Crippen LogP contribution in [0.3, 0.4) is 0 Å². The van der Waals surface area contributed by atoms with Crippen molar-refractivity contribution in [2.75, 3.05) is 0 Å². The highest BCUT2D eigenvalue weighted by molar-refractivity contribution is 5.69. The van der Waals surface area contributed by atoms with Crippen LogP contribution in [-0.2, 0) is 9.53 Å². The van der Waals surface area contributed by atoms with Crippen molar-refractivity contribution in [1.82, 2.24) is 0 Å². The van der Waals surface area contributed by atoms with Gasteiger partial charge in [-0.3, -0.25) is 4.79 Å². The van der Waals surface area contributed by atoms with Crippen LogP contribution in [0.25, 0.3) is 0 Å². The van der Waals surface area contributed by atoms with E-state index in [-0.39, 0.29) is 12.1 Å². The number of hydrogen-bond donors (Lipinski definition) is 0. The van der Waals surface area contributed by atoms with Crippen LogP contribution in [0.5, 0.6) is 0 Å². The van der Waals surface area contributed by atoms with Gasteiger partial charge in [0.15, 0.2) is 0 Å². The average Bonchev–Trinajstić information content (AvgIpc) is 2.62. The van der Waals surface area contributed by atoms with Crippen molar-refractivity contribution in [3.8, 4) is 0 Å². The molecule has 0 spiro atoms. The van der Waals surface area contributed by atoms with E-state index in [2.05, 4.69) is 27.7 Å². The first kappa shape index (κ1) is 25.5. The smallest absolute Gasteiger partial charge is 0.306 e. The van der Waals surface area contributed by atoms with Crippen molar-refractivity contribution in [1.29, 1.82) is 0 Å². The third kappa shape index (κ3) is 15.7. The number of carbonyl (C=O) groups excluding carboxylic acids is 1. The fraction of sp³-hybridized carbons (Fsp3) is 0.958. The lowest BCUT2D eigenvalue weighted by Crippen LogP contribution is -2.24. The quantitative estimate of drug-likeness (QED) is 0.169. The summed E-state index contributed by atoms with van der Waals surface area (Å²) in [6, 6.07) is 0. The maximum atomic E-state index is 12.1. The van der Waals surface area contributed by atoms with Crippen LogP contribution in [0, 0.1) is 5.92 Å². The summed E-state index contributed by atoms with van der Waals surface area (Å²) in [5.41, 5.74) is 0. The Morgan fingerprint density at radius 3 is 1.62 bits per heavy atom. The van der Waals surface area contributed by atoms with Crippen LogP contribution in [0.4, 0.5) is 0 Å². The Morgan fingerprint density at radius 2 is 1.08 bits per heavy atom. The van der Waals surface area contributed by atoms with Crippen LogP contribution >= 0.6 is 0 Å². The molecule has 0 aliphatic rings. The van der Waals surface area contributed by atoms with Crippen molar-refractivity contribution in [3.63, 3.8) is 0 Å². The zero-order chi connectivity index (χ0) is 19.5. The number of esters is 1. The standard InChI is InChI=1S/C24H48O2/c1-5-8-11-13-14-15-18-20-23(19-17-12-9-6-2)22(4)26-24(25)21-16-10-7-3/h22-23H,5-21H2,1-4H3. The van der Waals surface area contributed by atoms with Crippen LogP contribution in [-0.4, -0.2) is 12.1 Å². The molecule has 2 atom stereocenters. The normalized spacial score (nSPS) is 13.5. The minimum absolute atomic E-state index is 0.0177. The highest BCUT2D eigenvalue weighted by atomic mass is 16.5. The molecule has 2 heteroatoms. The number of rotatable bonds is 19. The first-order valence-electron chi connectivity index (χ1n) is 11.8. The van der Waals surface area contributed by atoms with E-state index in [1.54, 1.807) is 0 Å². The first-order valence-corrected chi connectivity index (χ1v) is 11.8. The van der Waals surface area contributed by atoms with Crippen molar-refractivity contribution in [2.24, 2.45) is 5.92 Å².